The Labute approximate surface area is 179 Å². The van der Waals surface area contributed by atoms with E-state index < -0.39 is 0 Å². The molecule has 0 bridgehead atoms. The summed E-state index contributed by atoms with van der Waals surface area (Å²) in [5.74, 6) is -0.104. The van der Waals surface area contributed by atoms with Gasteiger partial charge in [-0.25, -0.2) is 9.97 Å². The lowest BCUT2D eigenvalue weighted by Crippen LogP contribution is -2.05. The summed E-state index contributed by atoms with van der Waals surface area (Å²) < 4.78 is 0.823. The van der Waals surface area contributed by atoms with Gasteiger partial charge in [0.25, 0.3) is 0 Å². The molecule has 7 nitrogen and oxygen atoms in total. The van der Waals surface area contributed by atoms with Crippen molar-refractivity contribution in [3.05, 3.63) is 41.0 Å². The average molecular weight is 441 g/mol. The number of thiophene rings is 1. The number of aromatic nitrogens is 4. The monoisotopic (exact) mass is 440 g/mol. The standard InChI is InChI=1S/C19H16N6OS3/c1-10(26)22-11-4-2-5-12(8-11)23-18-24-25-19(29-18)28-17-15-13-6-3-7-14(13)27-16(15)20-9-21-17/h2,4-5,8-9H,3,6-7H2,1H3,(H,22,26)(H,23,24). The van der Waals surface area contributed by atoms with Crippen molar-refractivity contribution in [2.24, 2.45) is 0 Å². The van der Waals surface area contributed by atoms with Gasteiger partial charge in [-0.3, -0.25) is 4.79 Å². The molecule has 10 heteroatoms. The molecule has 0 unspecified atom stereocenters. The van der Waals surface area contributed by atoms with Gasteiger partial charge in [-0.1, -0.05) is 17.4 Å². The van der Waals surface area contributed by atoms with Gasteiger partial charge in [-0.2, -0.15) is 0 Å². The van der Waals surface area contributed by atoms with Gasteiger partial charge in [-0.05, 0) is 54.8 Å². The van der Waals surface area contributed by atoms with Gasteiger partial charge in [0.1, 0.15) is 16.2 Å². The van der Waals surface area contributed by atoms with Crippen LogP contribution in [-0.2, 0) is 17.6 Å². The van der Waals surface area contributed by atoms with Gasteiger partial charge in [0.2, 0.25) is 11.0 Å². The molecule has 29 heavy (non-hydrogen) atoms. The summed E-state index contributed by atoms with van der Waals surface area (Å²) in [6, 6.07) is 7.49. The van der Waals surface area contributed by atoms with Crippen molar-refractivity contribution in [1.29, 1.82) is 0 Å². The minimum Gasteiger partial charge on any atom is -0.330 e. The molecule has 4 aromatic rings. The van der Waals surface area contributed by atoms with Crippen molar-refractivity contribution < 1.29 is 4.79 Å². The SMILES string of the molecule is CC(=O)Nc1cccc(Nc2nnc(Sc3ncnc4sc5c(c34)CCC5)s2)c1. The number of hydrogen-bond acceptors (Lipinski definition) is 9. The smallest absolute Gasteiger partial charge is 0.221 e. The molecule has 1 amide bonds. The first-order valence-electron chi connectivity index (χ1n) is 9.07. The predicted octanol–water partition coefficient (Wildman–Crippen LogP) is 4.88. The van der Waals surface area contributed by atoms with E-state index in [9.17, 15) is 4.79 Å². The molecule has 1 aromatic carbocycles. The van der Waals surface area contributed by atoms with Gasteiger partial charge in [0.15, 0.2) is 4.34 Å². The van der Waals surface area contributed by atoms with Crippen LogP contribution in [0.4, 0.5) is 16.5 Å². The van der Waals surface area contributed by atoms with Gasteiger partial charge in [-0.15, -0.1) is 21.5 Å². The average Bonchev–Trinajstić information content (AvgIpc) is 3.38. The fourth-order valence-corrected chi connectivity index (χ4v) is 6.46. The second-order valence-electron chi connectivity index (χ2n) is 6.58. The van der Waals surface area contributed by atoms with Gasteiger partial charge >= 0.3 is 0 Å². The Balaban J connectivity index is 1.36. The number of aryl methyl sites for hydroxylation is 2. The number of carbonyl (C=O) groups excluding carboxylic acids is 1. The third-order valence-corrected chi connectivity index (χ3v) is 7.58. The van der Waals surface area contributed by atoms with Crippen molar-refractivity contribution >= 4 is 67.1 Å². The highest BCUT2D eigenvalue weighted by Crippen LogP contribution is 2.42. The summed E-state index contributed by atoms with van der Waals surface area (Å²) in [6.45, 7) is 1.49. The zero-order valence-corrected chi connectivity index (χ0v) is 17.9. The predicted molar refractivity (Wildman–Crippen MR) is 118 cm³/mol. The van der Waals surface area contributed by atoms with Gasteiger partial charge in [0, 0.05) is 28.6 Å². The van der Waals surface area contributed by atoms with Crippen molar-refractivity contribution in [1.82, 2.24) is 20.2 Å². The van der Waals surface area contributed by atoms with Crippen LogP contribution in [0.3, 0.4) is 0 Å². The Morgan fingerprint density at radius 2 is 2.03 bits per heavy atom. The number of nitrogens with one attached hydrogen (secondary N) is 2. The number of fused-ring (bicyclic) bond motifs is 3. The summed E-state index contributed by atoms with van der Waals surface area (Å²) in [4.78, 5) is 22.7. The van der Waals surface area contributed by atoms with Gasteiger partial charge in [0.05, 0.1) is 0 Å². The lowest BCUT2D eigenvalue weighted by atomic mass is 10.2. The molecule has 0 atom stereocenters. The van der Waals surface area contributed by atoms with E-state index in [4.69, 9.17) is 0 Å². The molecule has 146 valence electrons. The largest absolute Gasteiger partial charge is 0.330 e. The highest BCUT2D eigenvalue weighted by molar-refractivity contribution is 8.01. The number of rotatable bonds is 5. The molecule has 3 heterocycles. The Kier molecular flexibility index (Phi) is 4.90. The molecule has 5 rings (SSSR count). The van der Waals surface area contributed by atoms with Crippen LogP contribution in [-0.4, -0.2) is 26.1 Å². The Morgan fingerprint density at radius 1 is 1.14 bits per heavy atom. The number of hydrogen-bond donors (Lipinski definition) is 2. The summed E-state index contributed by atoms with van der Waals surface area (Å²) in [5.41, 5.74) is 2.98. The lowest BCUT2D eigenvalue weighted by Gasteiger charge is -2.05. The number of anilines is 3. The Morgan fingerprint density at radius 3 is 2.93 bits per heavy atom. The molecule has 2 N–H and O–H groups in total. The van der Waals surface area contributed by atoms with Crippen molar-refractivity contribution in [3.63, 3.8) is 0 Å². The Bertz CT molecular complexity index is 1220. The summed E-state index contributed by atoms with van der Waals surface area (Å²) in [7, 11) is 0. The van der Waals surface area contributed by atoms with Crippen molar-refractivity contribution in [2.75, 3.05) is 10.6 Å². The highest BCUT2D eigenvalue weighted by Gasteiger charge is 2.22. The molecule has 0 spiro atoms. The van der Waals surface area contributed by atoms with Crippen LogP contribution in [0, 0.1) is 0 Å². The van der Waals surface area contributed by atoms with Crippen LogP contribution in [0.2, 0.25) is 0 Å². The van der Waals surface area contributed by atoms with Crippen LogP contribution >= 0.6 is 34.4 Å². The summed E-state index contributed by atoms with van der Waals surface area (Å²) >= 11 is 4.79. The quantitative estimate of drug-likeness (QED) is 0.427. The zero-order valence-electron chi connectivity index (χ0n) is 15.4. The van der Waals surface area contributed by atoms with E-state index in [1.165, 1.54) is 52.3 Å². The van der Waals surface area contributed by atoms with E-state index in [0.29, 0.717) is 5.13 Å². The molecular formula is C19H16N6OS3. The summed E-state index contributed by atoms with van der Waals surface area (Å²) in [5, 5.41) is 17.4. The Hall–Kier alpha value is -2.56. The number of carbonyl (C=O) groups is 1. The molecule has 0 saturated heterocycles. The van der Waals surface area contributed by atoms with E-state index in [2.05, 4.69) is 30.8 Å². The van der Waals surface area contributed by atoms with E-state index >= 15 is 0 Å². The summed E-state index contributed by atoms with van der Waals surface area (Å²) in [6.07, 6.45) is 5.08. The second kappa shape index (κ2) is 7.69. The van der Waals surface area contributed by atoms with Crippen LogP contribution in [0.1, 0.15) is 23.8 Å². The fraction of sp³-hybridized carbons (Fsp3) is 0.211. The number of benzene rings is 1. The zero-order chi connectivity index (χ0) is 19.8. The van der Waals surface area contributed by atoms with Crippen LogP contribution in [0.25, 0.3) is 10.2 Å². The minimum absolute atomic E-state index is 0.104. The van der Waals surface area contributed by atoms with Crippen molar-refractivity contribution in [2.45, 2.75) is 35.6 Å². The second-order valence-corrected chi connectivity index (χ2v) is 9.88. The lowest BCUT2D eigenvalue weighted by molar-refractivity contribution is -0.114. The molecule has 1 aliphatic rings. The molecule has 1 aliphatic carbocycles. The maximum absolute atomic E-state index is 11.2. The first-order valence-corrected chi connectivity index (χ1v) is 11.5. The van der Waals surface area contributed by atoms with Crippen LogP contribution in [0.5, 0.6) is 0 Å². The molecule has 0 saturated carbocycles. The maximum Gasteiger partial charge on any atom is 0.221 e. The van der Waals surface area contributed by atoms with E-state index in [-0.39, 0.29) is 5.91 Å². The van der Waals surface area contributed by atoms with Crippen LogP contribution in [0.15, 0.2) is 40.0 Å². The van der Waals surface area contributed by atoms with Gasteiger partial charge < -0.3 is 10.6 Å². The van der Waals surface area contributed by atoms with E-state index in [1.54, 1.807) is 17.7 Å². The van der Waals surface area contributed by atoms with E-state index in [0.717, 1.165) is 38.4 Å². The molecule has 3 aromatic heterocycles. The molecule has 0 radical (unpaired) electrons. The topological polar surface area (TPSA) is 92.7 Å². The van der Waals surface area contributed by atoms with E-state index in [1.807, 2.05) is 24.3 Å². The number of amides is 1. The molecule has 0 aliphatic heterocycles. The van der Waals surface area contributed by atoms with Crippen molar-refractivity contribution in [3.8, 4) is 0 Å². The van der Waals surface area contributed by atoms with Crippen LogP contribution < -0.4 is 10.6 Å². The third kappa shape index (κ3) is 3.83. The highest BCUT2D eigenvalue weighted by atomic mass is 32.2. The normalized spacial score (nSPS) is 12.9. The first kappa shape index (κ1) is 18.5. The molecule has 0 fully saturated rings. The third-order valence-electron chi connectivity index (χ3n) is 4.49. The first-order chi connectivity index (χ1) is 14.2. The fourth-order valence-electron chi connectivity index (χ4n) is 3.36. The maximum atomic E-state index is 11.2. The molecular weight excluding hydrogens is 424 g/mol. The minimum atomic E-state index is -0.104. The number of nitrogens with zero attached hydrogens (tertiary/aromatic N) is 4.